The number of fused-ring (bicyclic) bond motifs is 1. The summed E-state index contributed by atoms with van der Waals surface area (Å²) in [5.74, 6) is 1.31. The SMILES string of the molecule is COc1ccc2[nH]c(C)c(C(=O)C3CCCC3)c2c1. The maximum absolute atomic E-state index is 12.7. The number of methoxy groups -OCH3 is 1. The topological polar surface area (TPSA) is 42.1 Å². The number of nitrogens with one attached hydrogen (secondary N) is 1. The number of carbonyl (C=O) groups is 1. The number of rotatable bonds is 3. The largest absolute Gasteiger partial charge is 0.497 e. The summed E-state index contributed by atoms with van der Waals surface area (Å²) < 4.78 is 5.27. The Hall–Kier alpha value is -1.77. The molecule has 1 aliphatic rings. The van der Waals surface area contributed by atoms with E-state index in [1.165, 1.54) is 12.8 Å². The average Bonchev–Trinajstić information content (AvgIpc) is 3.03. The Morgan fingerprint density at radius 1 is 1.32 bits per heavy atom. The second-order valence-electron chi connectivity index (χ2n) is 5.38. The standard InChI is InChI=1S/C16H19NO2/c1-10-15(16(18)11-5-3-4-6-11)13-9-12(19-2)7-8-14(13)17-10/h7-9,11,17H,3-6H2,1-2H3. The van der Waals surface area contributed by atoms with Crippen LogP contribution < -0.4 is 4.74 Å². The van der Waals surface area contributed by atoms with E-state index in [1.54, 1.807) is 7.11 Å². The quantitative estimate of drug-likeness (QED) is 0.848. The van der Waals surface area contributed by atoms with Crippen molar-refractivity contribution >= 4 is 16.7 Å². The number of aryl methyl sites for hydroxylation is 1. The minimum atomic E-state index is 0.212. The number of carbonyl (C=O) groups excluding carboxylic acids is 1. The second-order valence-corrected chi connectivity index (χ2v) is 5.38. The molecule has 1 aromatic carbocycles. The number of ether oxygens (including phenoxy) is 1. The lowest BCUT2D eigenvalue weighted by Gasteiger charge is -2.08. The van der Waals surface area contributed by atoms with E-state index in [2.05, 4.69) is 4.98 Å². The summed E-state index contributed by atoms with van der Waals surface area (Å²) in [6.45, 7) is 1.98. The molecule has 3 heteroatoms. The molecule has 3 rings (SSSR count). The normalized spacial score (nSPS) is 16.1. The monoisotopic (exact) mass is 257 g/mol. The van der Waals surface area contributed by atoms with Crippen LogP contribution >= 0.6 is 0 Å². The fourth-order valence-electron chi connectivity index (χ4n) is 3.14. The van der Waals surface area contributed by atoms with Crippen molar-refractivity contribution < 1.29 is 9.53 Å². The van der Waals surface area contributed by atoms with Crippen LogP contribution in [0.2, 0.25) is 0 Å². The minimum absolute atomic E-state index is 0.212. The van der Waals surface area contributed by atoms with E-state index >= 15 is 0 Å². The number of hydrogen-bond donors (Lipinski definition) is 1. The predicted octanol–water partition coefficient (Wildman–Crippen LogP) is 3.86. The molecule has 0 bridgehead atoms. The van der Waals surface area contributed by atoms with Crippen molar-refractivity contribution in [2.75, 3.05) is 7.11 Å². The van der Waals surface area contributed by atoms with Crippen LogP contribution in [0.5, 0.6) is 5.75 Å². The highest BCUT2D eigenvalue weighted by Gasteiger charge is 2.27. The van der Waals surface area contributed by atoms with Gasteiger partial charge in [-0.1, -0.05) is 12.8 Å². The Balaban J connectivity index is 2.10. The molecule has 0 unspecified atom stereocenters. The molecule has 1 aliphatic carbocycles. The van der Waals surface area contributed by atoms with Crippen molar-refractivity contribution in [3.63, 3.8) is 0 Å². The van der Waals surface area contributed by atoms with E-state index in [4.69, 9.17) is 4.74 Å². The zero-order valence-electron chi connectivity index (χ0n) is 11.5. The number of aromatic nitrogens is 1. The lowest BCUT2D eigenvalue weighted by Crippen LogP contribution is -2.11. The van der Waals surface area contributed by atoms with Gasteiger partial charge in [0.15, 0.2) is 5.78 Å². The van der Waals surface area contributed by atoms with Gasteiger partial charge in [0.2, 0.25) is 0 Å². The van der Waals surface area contributed by atoms with Crippen molar-refractivity contribution in [2.45, 2.75) is 32.6 Å². The van der Waals surface area contributed by atoms with E-state index in [1.807, 2.05) is 25.1 Å². The number of Topliss-reactive ketones (excluding diaryl/α,β-unsaturated/α-hetero) is 1. The predicted molar refractivity (Wildman–Crippen MR) is 75.9 cm³/mol. The van der Waals surface area contributed by atoms with Gasteiger partial charge in [0.25, 0.3) is 0 Å². The first-order valence-corrected chi connectivity index (χ1v) is 6.91. The second kappa shape index (κ2) is 4.72. The summed E-state index contributed by atoms with van der Waals surface area (Å²) in [5.41, 5.74) is 2.85. The lowest BCUT2D eigenvalue weighted by atomic mass is 9.94. The molecule has 0 aliphatic heterocycles. The van der Waals surface area contributed by atoms with Gasteiger partial charge in [-0.25, -0.2) is 0 Å². The van der Waals surface area contributed by atoms with E-state index < -0.39 is 0 Å². The Morgan fingerprint density at radius 2 is 2.05 bits per heavy atom. The van der Waals surface area contributed by atoms with Crippen LogP contribution in [-0.2, 0) is 0 Å². The molecule has 19 heavy (non-hydrogen) atoms. The lowest BCUT2D eigenvalue weighted by molar-refractivity contribution is 0.0924. The van der Waals surface area contributed by atoms with Gasteiger partial charge < -0.3 is 9.72 Å². The van der Waals surface area contributed by atoms with Crippen molar-refractivity contribution in [1.29, 1.82) is 0 Å². The van der Waals surface area contributed by atoms with Crippen LogP contribution in [0.15, 0.2) is 18.2 Å². The smallest absolute Gasteiger partial charge is 0.168 e. The third-order valence-electron chi connectivity index (χ3n) is 4.17. The third kappa shape index (κ3) is 2.03. The molecule has 100 valence electrons. The summed E-state index contributed by atoms with van der Waals surface area (Å²) in [6.07, 6.45) is 4.44. The summed E-state index contributed by atoms with van der Waals surface area (Å²) in [7, 11) is 1.65. The highest BCUT2D eigenvalue weighted by atomic mass is 16.5. The summed E-state index contributed by atoms with van der Waals surface area (Å²) in [5, 5.41) is 0.994. The summed E-state index contributed by atoms with van der Waals surface area (Å²) >= 11 is 0. The van der Waals surface area contributed by atoms with Crippen molar-refractivity contribution in [1.82, 2.24) is 4.98 Å². The molecule has 1 saturated carbocycles. The van der Waals surface area contributed by atoms with Crippen LogP contribution in [0.25, 0.3) is 10.9 Å². The first kappa shape index (κ1) is 12.3. The number of H-pyrrole nitrogens is 1. The zero-order chi connectivity index (χ0) is 13.4. The molecule has 0 saturated heterocycles. The van der Waals surface area contributed by atoms with Gasteiger partial charge in [-0.2, -0.15) is 0 Å². The third-order valence-corrected chi connectivity index (χ3v) is 4.17. The molecule has 2 aromatic rings. The highest BCUT2D eigenvalue weighted by molar-refractivity contribution is 6.10. The number of ketones is 1. The fraction of sp³-hybridized carbons (Fsp3) is 0.438. The molecule has 3 nitrogen and oxygen atoms in total. The molecular formula is C16H19NO2. The Labute approximate surface area is 113 Å². The van der Waals surface area contributed by atoms with Gasteiger partial charge in [0, 0.05) is 28.1 Å². The van der Waals surface area contributed by atoms with Gasteiger partial charge >= 0.3 is 0 Å². The van der Waals surface area contributed by atoms with Gasteiger partial charge in [0.05, 0.1) is 7.11 Å². The molecule has 0 radical (unpaired) electrons. The number of aromatic amines is 1. The molecule has 1 heterocycles. The number of hydrogen-bond acceptors (Lipinski definition) is 2. The zero-order valence-corrected chi connectivity index (χ0v) is 11.5. The highest BCUT2D eigenvalue weighted by Crippen LogP contribution is 2.33. The van der Waals surface area contributed by atoms with Gasteiger partial charge in [-0.15, -0.1) is 0 Å². The summed E-state index contributed by atoms with van der Waals surface area (Å²) in [6, 6.07) is 5.86. The van der Waals surface area contributed by atoms with Crippen LogP contribution in [0, 0.1) is 12.8 Å². The van der Waals surface area contributed by atoms with Crippen molar-refractivity contribution in [3.05, 3.63) is 29.5 Å². The van der Waals surface area contributed by atoms with Crippen LogP contribution in [0.4, 0.5) is 0 Å². The Kier molecular flexibility index (Phi) is 3.05. The first-order valence-electron chi connectivity index (χ1n) is 6.91. The van der Waals surface area contributed by atoms with Crippen molar-refractivity contribution in [3.8, 4) is 5.75 Å². The number of benzene rings is 1. The fourth-order valence-corrected chi connectivity index (χ4v) is 3.14. The van der Waals surface area contributed by atoms with Crippen LogP contribution in [0.1, 0.15) is 41.7 Å². The molecule has 0 amide bonds. The summed E-state index contributed by atoms with van der Waals surface area (Å²) in [4.78, 5) is 16.0. The molecule has 1 N–H and O–H groups in total. The van der Waals surface area contributed by atoms with Crippen LogP contribution in [-0.4, -0.2) is 17.9 Å². The van der Waals surface area contributed by atoms with Crippen molar-refractivity contribution in [2.24, 2.45) is 5.92 Å². The Morgan fingerprint density at radius 3 is 2.74 bits per heavy atom. The molecule has 0 atom stereocenters. The maximum atomic E-state index is 12.7. The molecule has 1 fully saturated rings. The van der Waals surface area contributed by atoms with Gasteiger partial charge in [-0.3, -0.25) is 4.79 Å². The van der Waals surface area contributed by atoms with Gasteiger partial charge in [0.1, 0.15) is 5.75 Å². The van der Waals surface area contributed by atoms with E-state index in [0.717, 1.165) is 40.8 Å². The molecule has 0 spiro atoms. The van der Waals surface area contributed by atoms with Crippen LogP contribution in [0.3, 0.4) is 0 Å². The van der Waals surface area contributed by atoms with Gasteiger partial charge in [-0.05, 0) is 38.0 Å². The first-order chi connectivity index (χ1) is 9.20. The molecule has 1 aromatic heterocycles. The minimum Gasteiger partial charge on any atom is -0.497 e. The van der Waals surface area contributed by atoms with E-state index in [0.29, 0.717) is 5.78 Å². The molecular weight excluding hydrogens is 238 g/mol. The van der Waals surface area contributed by atoms with E-state index in [9.17, 15) is 4.79 Å². The maximum Gasteiger partial charge on any atom is 0.168 e. The average molecular weight is 257 g/mol. The Bertz CT molecular complexity index is 621. The van der Waals surface area contributed by atoms with E-state index in [-0.39, 0.29) is 5.92 Å².